The summed E-state index contributed by atoms with van der Waals surface area (Å²) in [6.07, 6.45) is 1.83. The van der Waals surface area contributed by atoms with Crippen LogP contribution in [0.3, 0.4) is 0 Å². The Kier molecular flexibility index (Phi) is 5.53. The molecule has 0 radical (unpaired) electrons. The van der Waals surface area contributed by atoms with Crippen molar-refractivity contribution in [2.24, 2.45) is 11.8 Å². The van der Waals surface area contributed by atoms with E-state index in [2.05, 4.69) is 10.6 Å². The molecule has 1 aromatic rings. The molecule has 0 saturated carbocycles. The number of thioether (sulfide) groups is 1. The maximum Gasteiger partial charge on any atom is 0.248 e. The van der Waals surface area contributed by atoms with E-state index in [4.69, 9.17) is 11.6 Å². The summed E-state index contributed by atoms with van der Waals surface area (Å²) >= 11 is 7.85. The number of anilines is 1. The summed E-state index contributed by atoms with van der Waals surface area (Å²) in [6, 6.07) is 6.25. The minimum atomic E-state index is -0.723. The molecule has 0 aromatic heterocycles. The fourth-order valence-corrected chi connectivity index (χ4v) is 8.07. The second-order valence-electron chi connectivity index (χ2n) is 8.42. The van der Waals surface area contributed by atoms with Gasteiger partial charge in [0.25, 0.3) is 0 Å². The zero-order valence-corrected chi connectivity index (χ0v) is 18.6. The number of rotatable bonds is 6. The van der Waals surface area contributed by atoms with Gasteiger partial charge in [0.1, 0.15) is 6.04 Å². The molecule has 9 heteroatoms. The Labute approximate surface area is 184 Å². The van der Waals surface area contributed by atoms with E-state index in [-0.39, 0.29) is 35.6 Å². The van der Waals surface area contributed by atoms with Crippen LogP contribution in [0.4, 0.5) is 5.69 Å². The number of carbonyl (C=O) groups is 3. The monoisotopic (exact) mass is 451 g/mol. The van der Waals surface area contributed by atoms with Gasteiger partial charge >= 0.3 is 0 Å². The number of carbonyl (C=O) groups excluding carboxylic acids is 3. The highest BCUT2D eigenvalue weighted by molar-refractivity contribution is 8.02. The maximum atomic E-state index is 13.5. The molecule has 3 heterocycles. The van der Waals surface area contributed by atoms with Crippen LogP contribution < -0.4 is 10.6 Å². The number of aliphatic hydroxyl groups is 1. The number of amides is 3. The Morgan fingerprint density at radius 1 is 1.30 bits per heavy atom. The number of nitrogens with one attached hydrogen (secondary N) is 2. The van der Waals surface area contributed by atoms with E-state index in [0.717, 1.165) is 6.42 Å². The Hall–Kier alpha value is -1.77. The van der Waals surface area contributed by atoms with Gasteiger partial charge < -0.3 is 20.6 Å². The number of nitrogens with zero attached hydrogens (tertiary/aromatic N) is 1. The molecule has 7 nitrogen and oxygen atoms in total. The van der Waals surface area contributed by atoms with Gasteiger partial charge in [-0.3, -0.25) is 14.4 Å². The number of hydrogen-bond donors (Lipinski definition) is 3. The molecule has 3 saturated heterocycles. The van der Waals surface area contributed by atoms with Crippen molar-refractivity contribution in [2.75, 3.05) is 25.5 Å². The van der Waals surface area contributed by atoms with Crippen molar-refractivity contribution in [2.45, 2.75) is 41.7 Å². The van der Waals surface area contributed by atoms with Crippen molar-refractivity contribution in [3.8, 4) is 0 Å². The zero-order valence-electron chi connectivity index (χ0n) is 17.0. The lowest BCUT2D eigenvalue weighted by molar-refractivity contribution is -0.140. The fraction of sp³-hybridized carbons (Fsp3) is 0.571. The van der Waals surface area contributed by atoms with E-state index in [0.29, 0.717) is 23.6 Å². The standard InChI is InChI=1S/C21H26ClN3O4S/c1-20-8-9-21(30-20)15(14(20)17(27)23-2)19(29)25(10-5-11-26)16(21)18(28)24-13-7-4-3-6-12(13)22/h3-4,6-7,14-16,26H,5,8-11H2,1-2H3,(H,23,27)(H,24,28)/t14-,15-,16?,20+,21?/m0/s1. The van der Waals surface area contributed by atoms with Crippen molar-refractivity contribution in [3.63, 3.8) is 0 Å². The third-order valence-corrected chi connectivity index (χ3v) is 9.06. The average molecular weight is 452 g/mol. The largest absolute Gasteiger partial charge is 0.396 e. The van der Waals surface area contributed by atoms with Crippen LogP contribution in [0.5, 0.6) is 0 Å². The van der Waals surface area contributed by atoms with Crippen LogP contribution >= 0.6 is 23.4 Å². The van der Waals surface area contributed by atoms with Gasteiger partial charge in [-0.15, -0.1) is 11.8 Å². The minimum Gasteiger partial charge on any atom is -0.396 e. The predicted octanol–water partition coefficient (Wildman–Crippen LogP) is 1.89. The smallest absolute Gasteiger partial charge is 0.248 e. The van der Waals surface area contributed by atoms with E-state index in [1.54, 1.807) is 48.0 Å². The van der Waals surface area contributed by atoms with Gasteiger partial charge in [0, 0.05) is 24.9 Å². The van der Waals surface area contributed by atoms with Crippen molar-refractivity contribution >= 4 is 46.8 Å². The molecule has 3 amide bonds. The van der Waals surface area contributed by atoms with E-state index in [1.807, 2.05) is 6.92 Å². The van der Waals surface area contributed by atoms with E-state index in [1.165, 1.54) is 0 Å². The summed E-state index contributed by atoms with van der Waals surface area (Å²) in [5.41, 5.74) is 0.491. The topological polar surface area (TPSA) is 98.7 Å². The summed E-state index contributed by atoms with van der Waals surface area (Å²) in [5, 5.41) is 15.4. The van der Waals surface area contributed by atoms with Crippen LogP contribution in [0.2, 0.25) is 5.02 Å². The van der Waals surface area contributed by atoms with Crippen molar-refractivity contribution in [1.29, 1.82) is 0 Å². The molecule has 2 bridgehead atoms. The first-order chi connectivity index (χ1) is 14.3. The second-order valence-corrected chi connectivity index (χ2v) is 10.7. The Morgan fingerprint density at radius 3 is 2.70 bits per heavy atom. The highest BCUT2D eigenvalue weighted by atomic mass is 35.5. The van der Waals surface area contributed by atoms with Crippen molar-refractivity contribution in [3.05, 3.63) is 29.3 Å². The minimum absolute atomic E-state index is 0.0793. The van der Waals surface area contributed by atoms with Crippen LogP contribution in [0.1, 0.15) is 26.2 Å². The number of likely N-dealkylation sites (tertiary alicyclic amines) is 1. The molecule has 5 atom stereocenters. The molecule has 0 aliphatic carbocycles. The van der Waals surface area contributed by atoms with Gasteiger partial charge in [-0.05, 0) is 38.3 Å². The number of hydrogen-bond acceptors (Lipinski definition) is 5. The summed E-state index contributed by atoms with van der Waals surface area (Å²) in [6.45, 7) is 2.22. The predicted molar refractivity (Wildman–Crippen MR) is 116 cm³/mol. The first-order valence-corrected chi connectivity index (χ1v) is 11.4. The van der Waals surface area contributed by atoms with Crippen LogP contribution in [0, 0.1) is 11.8 Å². The normalized spacial score (nSPS) is 34.2. The number of fused-ring (bicyclic) bond motifs is 1. The molecule has 1 spiro atoms. The molecule has 30 heavy (non-hydrogen) atoms. The Bertz CT molecular complexity index is 899. The average Bonchev–Trinajstić information content (AvgIpc) is 3.28. The van der Waals surface area contributed by atoms with Gasteiger partial charge in [0.2, 0.25) is 17.7 Å². The molecule has 4 rings (SSSR count). The Morgan fingerprint density at radius 2 is 2.03 bits per heavy atom. The molecule has 2 unspecified atom stereocenters. The summed E-state index contributed by atoms with van der Waals surface area (Å²) in [7, 11) is 1.58. The lowest BCUT2D eigenvalue weighted by Gasteiger charge is -2.34. The molecular weight excluding hydrogens is 426 g/mol. The van der Waals surface area contributed by atoms with Gasteiger partial charge in [-0.25, -0.2) is 0 Å². The molecule has 3 aliphatic heterocycles. The Balaban J connectivity index is 1.74. The van der Waals surface area contributed by atoms with Gasteiger partial charge in [0.05, 0.1) is 27.3 Å². The van der Waals surface area contributed by atoms with Gasteiger partial charge in [-0.1, -0.05) is 23.7 Å². The van der Waals surface area contributed by atoms with Crippen molar-refractivity contribution in [1.82, 2.24) is 10.2 Å². The second kappa shape index (κ2) is 7.73. The maximum absolute atomic E-state index is 13.5. The summed E-state index contributed by atoms with van der Waals surface area (Å²) in [5.74, 6) is -1.66. The van der Waals surface area contributed by atoms with Gasteiger partial charge in [0.15, 0.2) is 0 Å². The van der Waals surface area contributed by atoms with Gasteiger partial charge in [-0.2, -0.15) is 0 Å². The zero-order chi connectivity index (χ0) is 21.7. The fourth-order valence-electron chi connectivity index (χ4n) is 5.53. The van der Waals surface area contributed by atoms with Crippen LogP contribution in [-0.2, 0) is 14.4 Å². The third kappa shape index (κ3) is 3.03. The first kappa shape index (κ1) is 21.5. The number of benzene rings is 1. The highest BCUT2D eigenvalue weighted by Crippen LogP contribution is 2.71. The molecule has 3 fully saturated rings. The van der Waals surface area contributed by atoms with Crippen molar-refractivity contribution < 1.29 is 19.5 Å². The summed E-state index contributed by atoms with van der Waals surface area (Å²) in [4.78, 5) is 41.4. The number of halogens is 1. The van der Waals surface area contributed by atoms with Crippen LogP contribution in [-0.4, -0.2) is 63.5 Å². The molecule has 162 valence electrons. The molecule has 3 aliphatic rings. The molecular formula is C21H26ClN3O4S. The number of aliphatic hydroxyl groups excluding tert-OH is 1. The van der Waals surface area contributed by atoms with E-state index in [9.17, 15) is 19.5 Å². The molecule has 1 aromatic carbocycles. The van der Waals surface area contributed by atoms with E-state index < -0.39 is 22.6 Å². The first-order valence-electron chi connectivity index (χ1n) is 10.2. The molecule has 3 N–H and O–H groups in total. The SMILES string of the molecule is CNC(=O)[C@@H]1[C@H]2C(=O)N(CCCO)C(C(=O)Nc3ccccc3Cl)C23CC[C@@]1(C)S3. The number of para-hydroxylation sites is 1. The highest BCUT2D eigenvalue weighted by Gasteiger charge is 2.76. The lowest BCUT2D eigenvalue weighted by atomic mass is 9.66. The van der Waals surface area contributed by atoms with E-state index >= 15 is 0 Å². The quantitative estimate of drug-likeness (QED) is 0.613. The summed E-state index contributed by atoms with van der Waals surface area (Å²) < 4.78 is -1.05. The van der Waals surface area contributed by atoms with Crippen LogP contribution in [0.25, 0.3) is 0 Å². The third-order valence-electron chi connectivity index (χ3n) is 6.74. The van der Waals surface area contributed by atoms with Crippen LogP contribution in [0.15, 0.2) is 24.3 Å². The lowest BCUT2D eigenvalue weighted by Crippen LogP contribution is -2.52.